The fourth-order valence-corrected chi connectivity index (χ4v) is 1.89. The quantitative estimate of drug-likeness (QED) is 0.751. The largest absolute Gasteiger partial charge is 0.490 e. The van der Waals surface area contributed by atoms with Crippen molar-refractivity contribution in [1.82, 2.24) is 0 Å². The molecule has 1 saturated heterocycles. The van der Waals surface area contributed by atoms with Crippen molar-refractivity contribution in [2.24, 2.45) is 0 Å². The highest BCUT2D eigenvalue weighted by Gasteiger charge is 2.50. The molecule has 1 aliphatic rings. The zero-order valence-corrected chi connectivity index (χ0v) is 12.2. The normalized spacial score (nSPS) is 21.8. The monoisotopic (exact) mass is 262 g/mol. The molecule has 1 aliphatic heterocycles. The molecule has 0 radical (unpaired) electrons. The summed E-state index contributed by atoms with van der Waals surface area (Å²) in [6, 6.07) is 7.28. The molecule has 19 heavy (non-hydrogen) atoms. The molecule has 0 amide bonds. The van der Waals surface area contributed by atoms with E-state index in [-0.39, 0.29) is 5.83 Å². The minimum absolute atomic E-state index is 0.321. The third kappa shape index (κ3) is 2.90. The standard InChI is InChI=1S/C15H20BFO2/c1-11-6-8-12(9-7-11)13(17)10-16-18-14(2,3)15(4,5)19-16/h6-10H,1-5H3/b13-10-. The molecule has 0 aliphatic carbocycles. The number of halogens is 1. The van der Waals surface area contributed by atoms with E-state index in [1.54, 1.807) is 12.1 Å². The summed E-state index contributed by atoms with van der Waals surface area (Å²) in [7, 11) is -0.647. The first kappa shape index (κ1) is 14.3. The van der Waals surface area contributed by atoms with Crippen molar-refractivity contribution in [3.63, 3.8) is 0 Å². The van der Waals surface area contributed by atoms with Gasteiger partial charge in [-0.25, -0.2) is 4.39 Å². The molecule has 0 unspecified atom stereocenters. The predicted molar refractivity (Wildman–Crippen MR) is 76.3 cm³/mol. The van der Waals surface area contributed by atoms with E-state index in [2.05, 4.69) is 0 Å². The van der Waals surface area contributed by atoms with Gasteiger partial charge in [0.05, 0.1) is 11.2 Å². The highest BCUT2D eigenvalue weighted by Crippen LogP contribution is 2.37. The number of hydrogen-bond acceptors (Lipinski definition) is 2. The Morgan fingerprint density at radius 3 is 2.00 bits per heavy atom. The van der Waals surface area contributed by atoms with Crippen LogP contribution in [-0.4, -0.2) is 18.3 Å². The predicted octanol–water partition coefficient (Wildman–Crippen LogP) is 3.94. The minimum atomic E-state index is -0.647. The average molecular weight is 262 g/mol. The molecule has 1 aromatic rings. The first-order valence-corrected chi connectivity index (χ1v) is 6.51. The molecule has 1 heterocycles. The van der Waals surface area contributed by atoms with Crippen LogP contribution in [0.4, 0.5) is 4.39 Å². The molecule has 1 fully saturated rings. The van der Waals surface area contributed by atoms with Crippen LogP contribution in [0.2, 0.25) is 0 Å². The first-order valence-electron chi connectivity index (χ1n) is 6.51. The Labute approximate surface area is 114 Å². The van der Waals surface area contributed by atoms with Crippen molar-refractivity contribution in [1.29, 1.82) is 0 Å². The lowest BCUT2D eigenvalue weighted by Crippen LogP contribution is -2.41. The second kappa shape index (κ2) is 4.76. The number of aryl methyl sites for hydroxylation is 1. The van der Waals surface area contributed by atoms with Gasteiger partial charge in [-0.2, -0.15) is 0 Å². The zero-order chi connectivity index (χ0) is 14.3. The van der Waals surface area contributed by atoms with Crippen LogP contribution < -0.4 is 0 Å². The lowest BCUT2D eigenvalue weighted by atomic mass is 9.88. The Kier molecular flexibility index (Phi) is 3.58. The molecular formula is C15H20BFO2. The fourth-order valence-electron chi connectivity index (χ4n) is 1.89. The Balaban J connectivity index is 2.17. The van der Waals surface area contributed by atoms with E-state index in [1.807, 2.05) is 46.8 Å². The topological polar surface area (TPSA) is 18.5 Å². The summed E-state index contributed by atoms with van der Waals surface area (Å²) in [5, 5.41) is 0. The molecule has 0 spiro atoms. The second-order valence-corrected chi connectivity index (χ2v) is 6.01. The van der Waals surface area contributed by atoms with Crippen molar-refractivity contribution in [2.75, 3.05) is 0 Å². The van der Waals surface area contributed by atoms with Crippen LogP contribution in [0.3, 0.4) is 0 Å². The van der Waals surface area contributed by atoms with Crippen LogP contribution in [0.5, 0.6) is 0 Å². The Bertz CT molecular complexity index is 475. The molecule has 2 nitrogen and oxygen atoms in total. The summed E-state index contributed by atoms with van der Waals surface area (Å²) in [5.41, 5.74) is 0.760. The summed E-state index contributed by atoms with van der Waals surface area (Å²) in [6.07, 6.45) is 0. The Morgan fingerprint density at radius 2 is 1.53 bits per heavy atom. The number of rotatable bonds is 2. The van der Waals surface area contributed by atoms with Crippen LogP contribution in [-0.2, 0) is 9.31 Å². The Hall–Kier alpha value is -1.13. The van der Waals surface area contributed by atoms with Gasteiger partial charge in [-0.3, -0.25) is 0 Å². The van der Waals surface area contributed by atoms with Gasteiger partial charge in [0.2, 0.25) is 0 Å². The van der Waals surface area contributed by atoms with Gasteiger partial charge in [0.1, 0.15) is 5.83 Å². The van der Waals surface area contributed by atoms with E-state index < -0.39 is 18.3 Å². The summed E-state index contributed by atoms with van der Waals surface area (Å²) in [6.45, 7) is 9.77. The van der Waals surface area contributed by atoms with Gasteiger partial charge >= 0.3 is 7.12 Å². The van der Waals surface area contributed by atoms with Crippen LogP contribution >= 0.6 is 0 Å². The summed E-state index contributed by atoms with van der Waals surface area (Å²) in [4.78, 5) is 0. The van der Waals surface area contributed by atoms with E-state index in [0.29, 0.717) is 5.56 Å². The van der Waals surface area contributed by atoms with Gasteiger partial charge in [0.25, 0.3) is 0 Å². The molecule has 4 heteroatoms. The Morgan fingerprint density at radius 1 is 1.05 bits per heavy atom. The summed E-state index contributed by atoms with van der Waals surface area (Å²) < 4.78 is 25.6. The third-order valence-electron chi connectivity index (χ3n) is 3.88. The van der Waals surface area contributed by atoms with Crippen LogP contribution in [0.25, 0.3) is 5.83 Å². The van der Waals surface area contributed by atoms with Crippen molar-refractivity contribution >= 4 is 12.9 Å². The SMILES string of the molecule is Cc1ccc(/C(F)=C/B2OC(C)(C)C(C)(C)O2)cc1. The summed E-state index contributed by atoms with van der Waals surface area (Å²) in [5.74, 6) is 1.07. The minimum Gasteiger partial charge on any atom is -0.400 e. The number of benzene rings is 1. The van der Waals surface area contributed by atoms with Gasteiger partial charge in [-0.05, 0) is 40.6 Å². The second-order valence-electron chi connectivity index (χ2n) is 6.01. The van der Waals surface area contributed by atoms with E-state index >= 15 is 0 Å². The molecule has 1 aromatic carbocycles. The van der Waals surface area contributed by atoms with Gasteiger partial charge in [-0.1, -0.05) is 29.8 Å². The highest BCUT2D eigenvalue weighted by molar-refractivity contribution is 6.53. The molecule has 0 aromatic heterocycles. The van der Waals surface area contributed by atoms with E-state index in [0.717, 1.165) is 5.56 Å². The van der Waals surface area contributed by atoms with Crippen LogP contribution in [0.15, 0.2) is 30.2 Å². The lowest BCUT2D eigenvalue weighted by Gasteiger charge is -2.32. The van der Waals surface area contributed by atoms with Crippen molar-refractivity contribution in [2.45, 2.75) is 45.8 Å². The third-order valence-corrected chi connectivity index (χ3v) is 3.88. The molecule has 102 valence electrons. The van der Waals surface area contributed by atoms with Crippen molar-refractivity contribution in [3.05, 3.63) is 41.4 Å². The molecule has 0 bridgehead atoms. The van der Waals surface area contributed by atoms with E-state index in [4.69, 9.17) is 9.31 Å². The number of hydrogen-bond donors (Lipinski definition) is 0. The van der Waals surface area contributed by atoms with E-state index in [9.17, 15) is 4.39 Å². The molecule has 0 atom stereocenters. The summed E-state index contributed by atoms with van der Waals surface area (Å²) >= 11 is 0. The maximum absolute atomic E-state index is 14.1. The molecule has 0 N–H and O–H groups in total. The highest BCUT2D eigenvalue weighted by atomic mass is 19.1. The molecule has 0 saturated carbocycles. The maximum atomic E-state index is 14.1. The molecule has 2 rings (SSSR count). The van der Waals surface area contributed by atoms with Crippen molar-refractivity contribution < 1.29 is 13.7 Å². The fraction of sp³-hybridized carbons (Fsp3) is 0.467. The van der Waals surface area contributed by atoms with Gasteiger partial charge in [-0.15, -0.1) is 0 Å². The smallest absolute Gasteiger partial charge is 0.400 e. The maximum Gasteiger partial charge on any atom is 0.490 e. The average Bonchev–Trinajstić information content (AvgIpc) is 2.47. The van der Waals surface area contributed by atoms with Crippen molar-refractivity contribution in [3.8, 4) is 0 Å². The van der Waals surface area contributed by atoms with Gasteiger partial charge < -0.3 is 9.31 Å². The van der Waals surface area contributed by atoms with Crippen LogP contribution in [0.1, 0.15) is 38.8 Å². The van der Waals surface area contributed by atoms with Gasteiger partial charge in [0, 0.05) is 5.56 Å². The van der Waals surface area contributed by atoms with Gasteiger partial charge in [0.15, 0.2) is 0 Å². The van der Waals surface area contributed by atoms with E-state index in [1.165, 1.54) is 5.98 Å². The zero-order valence-electron chi connectivity index (χ0n) is 12.2. The lowest BCUT2D eigenvalue weighted by molar-refractivity contribution is 0.00578. The molecular weight excluding hydrogens is 242 g/mol. The van der Waals surface area contributed by atoms with Crippen LogP contribution in [0, 0.1) is 6.92 Å². The first-order chi connectivity index (χ1) is 8.71.